The molecule has 0 saturated carbocycles. The number of unbranched alkanes of at least 4 members (excludes halogenated alkanes) is 1. The van der Waals surface area contributed by atoms with E-state index in [9.17, 15) is 9.59 Å². The van der Waals surface area contributed by atoms with Gasteiger partial charge in [-0.3, -0.25) is 0 Å². The molecule has 0 spiro atoms. The summed E-state index contributed by atoms with van der Waals surface area (Å²) in [6.45, 7) is 8.08. The molecule has 0 heterocycles. The van der Waals surface area contributed by atoms with E-state index in [0.29, 0.717) is 24.0 Å². The largest absolute Gasteiger partial charge is 0.459 e. The summed E-state index contributed by atoms with van der Waals surface area (Å²) >= 11 is 0. The second-order valence-electron chi connectivity index (χ2n) is 7.27. The highest BCUT2D eigenvalue weighted by atomic mass is 16.6. The lowest BCUT2D eigenvalue weighted by atomic mass is 10.0. The van der Waals surface area contributed by atoms with Crippen LogP contribution in [0, 0.1) is 0 Å². The number of carbonyl (C=O) groups is 2. The Bertz CT molecular complexity index is 783. The van der Waals surface area contributed by atoms with Gasteiger partial charge >= 0.3 is 11.9 Å². The van der Waals surface area contributed by atoms with Gasteiger partial charge in [0.05, 0.1) is 11.1 Å². The minimum atomic E-state index is -0.398. The van der Waals surface area contributed by atoms with Gasteiger partial charge in [-0.2, -0.15) is 0 Å². The molecule has 4 nitrogen and oxygen atoms in total. The first-order chi connectivity index (χ1) is 14.0. The van der Waals surface area contributed by atoms with E-state index in [0.717, 1.165) is 24.8 Å². The minimum absolute atomic E-state index is 0.375. The maximum Gasteiger partial charge on any atom is 0.338 e. The van der Waals surface area contributed by atoms with E-state index < -0.39 is 12.2 Å². The van der Waals surface area contributed by atoms with Crippen LogP contribution < -0.4 is 0 Å². The summed E-state index contributed by atoms with van der Waals surface area (Å²) < 4.78 is 11.3. The Morgan fingerprint density at radius 2 is 1.41 bits per heavy atom. The van der Waals surface area contributed by atoms with Crippen LogP contribution in [-0.2, 0) is 9.47 Å². The molecule has 2 aromatic carbocycles. The first kappa shape index (κ1) is 22.4. The Morgan fingerprint density at radius 1 is 0.897 bits per heavy atom. The van der Waals surface area contributed by atoms with E-state index in [4.69, 9.17) is 9.47 Å². The van der Waals surface area contributed by atoms with Crippen LogP contribution in [0.5, 0.6) is 0 Å². The summed E-state index contributed by atoms with van der Waals surface area (Å²) in [5.74, 6) is -0.753. The highest BCUT2D eigenvalue weighted by molar-refractivity contribution is 5.90. The van der Waals surface area contributed by atoms with Crippen molar-refractivity contribution in [3.8, 4) is 0 Å². The molecule has 0 radical (unpaired) electrons. The van der Waals surface area contributed by atoms with Crippen molar-refractivity contribution in [3.63, 3.8) is 0 Å². The lowest BCUT2D eigenvalue weighted by Crippen LogP contribution is -2.26. The zero-order chi connectivity index (χ0) is 21.1. The van der Waals surface area contributed by atoms with Crippen LogP contribution in [-0.4, -0.2) is 24.1 Å². The topological polar surface area (TPSA) is 52.6 Å². The number of benzene rings is 2. The van der Waals surface area contributed by atoms with Crippen molar-refractivity contribution in [1.29, 1.82) is 0 Å². The molecule has 0 amide bonds. The van der Waals surface area contributed by atoms with Gasteiger partial charge in [-0.25, -0.2) is 9.59 Å². The first-order valence-corrected chi connectivity index (χ1v) is 10.2. The molecule has 0 N–H and O–H groups in total. The van der Waals surface area contributed by atoms with Crippen molar-refractivity contribution in [1.82, 2.24) is 0 Å². The van der Waals surface area contributed by atoms with Gasteiger partial charge < -0.3 is 9.47 Å². The third-order valence-electron chi connectivity index (χ3n) is 4.60. The van der Waals surface area contributed by atoms with Gasteiger partial charge in [0.25, 0.3) is 0 Å². The van der Waals surface area contributed by atoms with E-state index in [1.54, 1.807) is 48.5 Å². The molecule has 2 unspecified atom stereocenters. The maximum atomic E-state index is 12.5. The number of esters is 2. The quantitative estimate of drug-likeness (QED) is 0.347. The molecule has 0 aliphatic heterocycles. The van der Waals surface area contributed by atoms with Gasteiger partial charge in [0, 0.05) is 12.8 Å². The second kappa shape index (κ2) is 11.8. The van der Waals surface area contributed by atoms with Gasteiger partial charge in [0.2, 0.25) is 0 Å². The van der Waals surface area contributed by atoms with Crippen LogP contribution in [0.4, 0.5) is 0 Å². The standard InChI is InChI=1S/C25H30O4/c1-4-5-12-19(2)17-23(29-25(27)22-15-10-7-11-16-22)18-20(3)28-24(26)21-13-8-6-9-14-21/h6-11,13-16,20,23H,2,4-5,12,17-18H2,1,3H3. The monoisotopic (exact) mass is 394 g/mol. The van der Waals surface area contributed by atoms with E-state index >= 15 is 0 Å². The van der Waals surface area contributed by atoms with E-state index in [1.165, 1.54) is 0 Å². The molecule has 0 fully saturated rings. The molecule has 154 valence electrons. The predicted octanol–water partition coefficient (Wildman–Crippen LogP) is 5.98. The predicted molar refractivity (Wildman–Crippen MR) is 115 cm³/mol. The number of carbonyl (C=O) groups excluding carboxylic acids is 2. The third kappa shape index (κ3) is 7.94. The molecule has 0 aromatic heterocycles. The summed E-state index contributed by atoms with van der Waals surface area (Å²) in [5.41, 5.74) is 2.05. The van der Waals surface area contributed by atoms with E-state index in [1.807, 2.05) is 19.1 Å². The summed E-state index contributed by atoms with van der Waals surface area (Å²) in [7, 11) is 0. The normalized spacial score (nSPS) is 12.6. The number of hydrogen-bond donors (Lipinski definition) is 0. The maximum absolute atomic E-state index is 12.5. The Kier molecular flexibility index (Phi) is 9.16. The number of rotatable bonds is 11. The number of ether oxygens (including phenoxy) is 2. The smallest absolute Gasteiger partial charge is 0.338 e. The Balaban J connectivity index is 2.00. The van der Waals surface area contributed by atoms with Crippen LogP contribution in [0.25, 0.3) is 0 Å². The molecule has 0 saturated heterocycles. The molecule has 0 aliphatic carbocycles. The van der Waals surface area contributed by atoms with Crippen molar-refractivity contribution >= 4 is 11.9 Å². The molecule has 29 heavy (non-hydrogen) atoms. The van der Waals surface area contributed by atoms with Crippen LogP contribution in [0.3, 0.4) is 0 Å². The number of hydrogen-bond acceptors (Lipinski definition) is 4. The third-order valence-corrected chi connectivity index (χ3v) is 4.60. The average molecular weight is 395 g/mol. The summed E-state index contributed by atoms with van der Waals surface area (Å²) in [6.07, 6.45) is 3.22. The van der Waals surface area contributed by atoms with E-state index in [2.05, 4.69) is 13.5 Å². The zero-order valence-electron chi connectivity index (χ0n) is 17.3. The summed E-state index contributed by atoms with van der Waals surface area (Å²) in [6, 6.07) is 17.8. The van der Waals surface area contributed by atoms with Crippen molar-refractivity contribution in [2.24, 2.45) is 0 Å². The van der Waals surface area contributed by atoms with E-state index in [-0.39, 0.29) is 11.9 Å². The fourth-order valence-corrected chi connectivity index (χ4v) is 3.06. The average Bonchev–Trinajstić information content (AvgIpc) is 2.73. The van der Waals surface area contributed by atoms with Crippen molar-refractivity contribution in [2.45, 2.75) is 58.2 Å². The van der Waals surface area contributed by atoms with Crippen molar-refractivity contribution < 1.29 is 19.1 Å². The van der Waals surface area contributed by atoms with Gasteiger partial charge in [0.15, 0.2) is 0 Å². The van der Waals surface area contributed by atoms with Crippen LogP contribution in [0.1, 0.15) is 66.7 Å². The molecule has 4 heteroatoms. The Morgan fingerprint density at radius 3 is 1.93 bits per heavy atom. The van der Waals surface area contributed by atoms with Crippen LogP contribution in [0.2, 0.25) is 0 Å². The fraction of sp³-hybridized carbons (Fsp3) is 0.360. The molecule has 0 aliphatic rings. The van der Waals surface area contributed by atoms with Gasteiger partial charge in [-0.1, -0.05) is 61.9 Å². The van der Waals surface area contributed by atoms with Crippen LogP contribution >= 0.6 is 0 Å². The molecule has 2 rings (SSSR count). The van der Waals surface area contributed by atoms with Gasteiger partial charge in [0.1, 0.15) is 12.2 Å². The summed E-state index contributed by atoms with van der Waals surface area (Å²) in [5, 5.41) is 0. The Hall–Kier alpha value is -2.88. The lowest BCUT2D eigenvalue weighted by Gasteiger charge is -2.23. The van der Waals surface area contributed by atoms with Crippen LogP contribution in [0.15, 0.2) is 72.8 Å². The van der Waals surface area contributed by atoms with Gasteiger partial charge in [-0.05, 0) is 44.0 Å². The fourth-order valence-electron chi connectivity index (χ4n) is 3.06. The van der Waals surface area contributed by atoms with Crippen molar-refractivity contribution in [3.05, 3.63) is 83.9 Å². The zero-order valence-corrected chi connectivity index (χ0v) is 17.3. The minimum Gasteiger partial charge on any atom is -0.459 e. The van der Waals surface area contributed by atoms with Gasteiger partial charge in [-0.15, -0.1) is 0 Å². The second-order valence-corrected chi connectivity index (χ2v) is 7.27. The van der Waals surface area contributed by atoms with Crippen molar-refractivity contribution in [2.75, 3.05) is 0 Å². The molecular weight excluding hydrogens is 364 g/mol. The SMILES string of the molecule is C=C(CCCC)CC(CC(C)OC(=O)c1ccccc1)OC(=O)c1ccccc1. The molecule has 2 aromatic rings. The lowest BCUT2D eigenvalue weighted by molar-refractivity contribution is 0.00364. The molecular formula is C25H30O4. The molecule has 2 atom stereocenters. The summed E-state index contributed by atoms with van der Waals surface area (Å²) in [4.78, 5) is 24.8. The first-order valence-electron chi connectivity index (χ1n) is 10.2. The Labute approximate surface area is 173 Å². The molecule has 0 bridgehead atoms. The highest BCUT2D eigenvalue weighted by Crippen LogP contribution is 2.20. The highest BCUT2D eigenvalue weighted by Gasteiger charge is 2.22.